The van der Waals surface area contributed by atoms with E-state index >= 15 is 0 Å². The van der Waals surface area contributed by atoms with Gasteiger partial charge in [-0.1, -0.05) is 23.7 Å². The summed E-state index contributed by atoms with van der Waals surface area (Å²) in [7, 11) is 0. The number of nitrogens with one attached hydrogen (secondary N) is 2. The number of rotatable bonds is 6. The topological polar surface area (TPSA) is 49.6 Å². The van der Waals surface area contributed by atoms with Crippen LogP contribution < -0.4 is 10.6 Å². The van der Waals surface area contributed by atoms with Crippen molar-refractivity contribution in [1.82, 2.24) is 10.6 Å². The summed E-state index contributed by atoms with van der Waals surface area (Å²) in [6.07, 6.45) is 2.48. The summed E-state index contributed by atoms with van der Waals surface area (Å²) in [6, 6.07) is 11.8. The molecule has 0 bridgehead atoms. The zero-order valence-electron chi connectivity index (χ0n) is 13.0. The molecule has 1 heterocycles. The molecule has 0 saturated heterocycles. The summed E-state index contributed by atoms with van der Waals surface area (Å²) in [6.45, 7) is 5.65. The Kier molecular flexibility index (Phi) is 6.34. The second-order valence-electron chi connectivity index (χ2n) is 5.01. The lowest BCUT2D eigenvalue weighted by molar-refractivity contribution is 0.510. The van der Waals surface area contributed by atoms with Gasteiger partial charge in [0.05, 0.1) is 12.3 Å². The first kappa shape index (κ1) is 16.4. The molecule has 1 unspecified atom stereocenters. The summed E-state index contributed by atoms with van der Waals surface area (Å²) in [5.41, 5.74) is 1.17. The minimum absolute atomic E-state index is 0.152. The zero-order valence-corrected chi connectivity index (χ0v) is 13.7. The molecule has 1 aromatic heterocycles. The predicted octanol–water partition coefficient (Wildman–Crippen LogP) is 3.79. The van der Waals surface area contributed by atoms with E-state index in [1.807, 2.05) is 36.4 Å². The quantitative estimate of drug-likeness (QED) is 0.629. The minimum Gasteiger partial charge on any atom is -0.469 e. The van der Waals surface area contributed by atoms with Gasteiger partial charge in [-0.3, -0.25) is 4.99 Å². The lowest BCUT2D eigenvalue weighted by Gasteiger charge is -2.18. The van der Waals surface area contributed by atoms with Gasteiger partial charge in [-0.2, -0.15) is 0 Å². The van der Waals surface area contributed by atoms with Crippen LogP contribution in [0, 0.1) is 0 Å². The Labute approximate surface area is 136 Å². The molecule has 0 saturated carbocycles. The molecule has 1 atom stereocenters. The highest BCUT2D eigenvalue weighted by Crippen LogP contribution is 2.15. The van der Waals surface area contributed by atoms with Crippen LogP contribution >= 0.6 is 11.6 Å². The first-order valence-electron chi connectivity index (χ1n) is 7.51. The summed E-state index contributed by atoms with van der Waals surface area (Å²) in [4.78, 5) is 4.58. The van der Waals surface area contributed by atoms with Crippen molar-refractivity contribution in [1.29, 1.82) is 0 Å². The second-order valence-corrected chi connectivity index (χ2v) is 5.44. The number of hydrogen-bond acceptors (Lipinski definition) is 2. The fourth-order valence-corrected chi connectivity index (χ4v) is 2.22. The van der Waals surface area contributed by atoms with E-state index < -0.39 is 0 Å². The first-order valence-corrected chi connectivity index (χ1v) is 7.89. The van der Waals surface area contributed by atoms with Crippen LogP contribution in [0.2, 0.25) is 5.02 Å². The Morgan fingerprint density at radius 3 is 2.68 bits per heavy atom. The zero-order chi connectivity index (χ0) is 15.8. The molecule has 0 aliphatic heterocycles. The van der Waals surface area contributed by atoms with Gasteiger partial charge in [0.1, 0.15) is 5.76 Å². The molecule has 2 aromatic rings. The molecule has 0 fully saturated rings. The fraction of sp³-hybridized carbons (Fsp3) is 0.353. The largest absolute Gasteiger partial charge is 0.469 e. The first-order chi connectivity index (χ1) is 10.7. The fourth-order valence-electron chi connectivity index (χ4n) is 2.09. The van der Waals surface area contributed by atoms with E-state index in [0.29, 0.717) is 6.54 Å². The van der Waals surface area contributed by atoms with Crippen LogP contribution in [0.3, 0.4) is 0 Å². The maximum absolute atomic E-state index is 5.92. The van der Waals surface area contributed by atoms with Gasteiger partial charge in [-0.05, 0) is 43.7 Å². The van der Waals surface area contributed by atoms with Gasteiger partial charge in [0.15, 0.2) is 5.96 Å². The average molecular weight is 320 g/mol. The number of hydrogen-bond donors (Lipinski definition) is 2. The molecular weight excluding hydrogens is 298 g/mol. The monoisotopic (exact) mass is 319 g/mol. The van der Waals surface area contributed by atoms with Crippen LogP contribution in [0.25, 0.3) is 0 Å². The van der Waals surface area contributed by atoms with Crippen LogP contribution in [0.15, 0.2) is 52.1 Å². The highest BCUT2D eigenvalue weighted by Gasteiger charge is 2.07. The van der Waals surface area contributed by atoms with Gasteiger partial charge in [0, 0.05) is 24.5 Å². The standard InChI is InChI=1S/C17H22ClN3O/c1-3-19-17(20-11-10-16-5-4-12-22-16)21-13(2)14-6-8-15(18)9-7-14/h4-9,12-13H,3,10-11H2,1-2H3,(H2,19,20,21). The van der Waals surface area contributed by atoms with Crippen molar-refractivity contribution in [3.63, 3.8) is 0 Å². The maximum atomic E-state index is 5.92. The van der Waals surface area contributed by atoms with Gasteiger partial charge in [0.2, 0.25) is 0 Å². The molecule has 0 amide bonds. The number of aliphatic imine (C=N–C) groups is 1. The Morgan fingerprint density at radius 1 is 1.27 bits per heavy atom. The van der Waals surface area contributed by atoms with Crippen LogP contribution in [0.4, 0.5) is 0 Å². The Balaban J connectivity index is 1.93. The molecule has 0 spiro atoms. The third-order valence-corrected chi connectivity index (χ3v) is 3.53. The van der Waals surface area contributed by atoms with Crippen LogP contribution in [0.5, 0.6) is 0 Å². The van der Waals surface area contributed by atoms with E-state index in [0.717, 1.165) is 29.7 Å². The predicted molar refractivity (Wildman–Crippen MR) is 91.4 cm³/mol. The minimum atomic E-state index is 0.152. The van der Waals surface area contributed by atoms with E-state index in [9.17, 15) is 0 Å². The summed E-state index contributed by atoms with van der Waals surface area (Å²) in [5.74, 6) is 1.75. The van der Waals surface area contributed by atoms with Crippen LogP contribution in [-0.2, 0) is 6.42 Å². The highest BCUT2D eigenvalue weighted by molar-refractivity contribution is 6.30. The molecule has 4 nitrogen and oxygen atoms in total. The Hall–Kier alpha value is -1.94. The maximum Gasteiger partial charge on any atom is 0.191 e. The van der Waals surface area contributed by atoms with E-state index in [1.165, 1.54) is 5.56 Å². The van der Waals surface area contributed by atoms with Crippen molar-refractivity contribution in [2.45, 2.75) is 26.3 Å². The molecule has 118 valence electrons. The number of guanidine groups is 1. The van der Waals surface area contributed by atoms with Crippen LogP contribution in [-0.4, -0.2) is 19.0 Å². The summed E-state index contributed by atoms with van der Waals surface area (Å²) in [5, 5.41) is 7.40. The lowest BCUT2D eigenvalue weighted by Crippen LogP contribution is -2.38. The average Bonchev–Trinajstić information content (AvgIpc) is 3.01. The van der Waals surface area contributed by atoms with E-state index in [4.69, 9.17) is 16.0 Å². The smallest absolute Gasteiger partial charge is 0.191 e. The number of halogens is 1. The van der Waals surface area contributed by atoms with Gasteiger partial charge in [0.25, 0.3) is 0 Å². The van der Waals surface area contributed by atoms with Crippen molar-refractivity contribution >= 4 is 17.6 Å². The van der Waals surface area contributed by atoms with Gasteiger partial charge < -0.3 is 15.1 Å². The van der Waals surface area contributed by atoms with E-state index in [1.54, 1.807) is 6.26 Å². The van der Waals surface area contributed by atoms with Gasteiger partial charge in [-0.25, -0.2) is 0 Å². The molecule has 2 rings (SSSR count). The SMILES string of the molecule is CCNC(=NCCc1ccco1)NC(C)c1ccc(Cl)cc1. The van der Waals surface area contributed by atoms with Crippen molar-refractivity contribution in [2.24, 2.45) is 4.99 Å². The van der Waals surface area contributed by atoms with Crippen molar-refractivity contribution in [2.75, 3.05) is 13.1 Å². The van der Waals surface area contributed by atoms with Crippen molar-refractivity contribution in [3.8, 4) is 0 Å². The molecule has 0 aliphatic rings. The second kappa shape index (κ2) is 8.49. The van der Waals surface area contributed by atoms with Gasteiger partial charge >= 0.3 is 0 Å². The lowest BCUT2D eigenvalue weighted by atomic mass is 10.1. The van der Waals surface area contributed by atoms with Crippen LogP contribution in [0.1, 0.15) is 31.2 Å². The molecule has 22 heavy (non-hydrogen) atoms. The molecule has 5 heteroatoms. The van der Waals surface area contributed by atoms with E-state index in [2.05, 4.69) is 29.5 Å². The van der Waals surface area contributed by atoms with E-state index in [-0.39, 0.29) is 6.04 Å². The molecule has 2 N–H and O–H groups in total. The third-order valence-electron chi connectivity index (χ3n) is 3.28. The number of furan rings is 1. The molecule has 0 aliphatic carbocycles. The Morgan fingerprint density at radius 2 is 2.05 bits per heavy atom. The number of nitrogens with zero attached hydrogens (tertiary/aromatic N) is 1. The summed E-state index contributed by atoms with van der Waals surface area (Å²) >= 11 is 5.92. The van der Waals surface area contributed by atoms with Crippen molar-refractivity contribution < 1.29 is 4.42 Å². The van der Waals surface area contributed by atoms with Crippen molar-refractivity contribution in [3.05, 3.63) is 59.0 Å². The third kappa shape index (κ3) is 5.11. The molecule has 0 radical (unpaired) electrons. The normalized spacial score (nSPS) is 13.0. The number of benzene rings is 1. The highest BCUT2D eigenvalue weighted by atomic mass is 35.5. The van der Waals surface area contributed by atoms with Gasteiger partial charge in [-0.15, -0.1) is 0 Å². The molecular formula is C17H22ClN3O. The molecule has 1 aromatic carbocycles. The summed E-state index contributed by atoms with van der Waals surface area (Å²) < 4.78 is 5.31. The Bertz CT molecular complexity index is 578.